The number of aryl methyl sites for hydroxylation is 1. The van der Waals surface area contributed by atoms with Crippen LogP contribution in [0, 0.1) is 12.8 Å². The van der Waals surface area contributed by atoms with Gasteiger partial charge in [-0.05, 0) is 48.2 Å². The van der Waals surface area contributed by atoms with Gasteiger partial charge in [-0.25, -0.2) is 0 Å². The van der Waals surface area contributed by atoms with E-state index in [-0.39, 0.29) is 11.8 Å². The SMILES string of the molecule is Cc1ccc(CN(C(=O)CCSc2ccc(Cl)cc2)C(Cc2ccccc2)C(=O)NCC(C)C)cc1. The molecule has 1 N–H and O–H groups in total. The quantitative estimate of drug-likeness (QED) is 0.275. The van der Waals surface area contributed by atoms with Crippen LogP contribution in [0.25, 0.3) is 0 Å². The lowest BCUT2D eigenvalue weighted by molar-refractivity contribution is -0.141. The summed E-state index contributed by atoms with van der Waals surface area (Å²) in [4.78, 5) is 29.9. The largest absolute Gasteiger partial charge is 0.354 e. The Morgan fingerprint density at radius 2 is 1.58 bits per heavy atom. The summed E-state index contributed by atoms with van der Waals surface area (Å²) in [5.74, 6) is 0.802. The van der Waals surface area contributed by atoms with Gasteiger partial charge in [0.05, 0.1) is 0 Å². The van der Waals surface area contributed by atoms with Crippen molar-refractivity contribution in [1.29, 1.82) is 0 Å². The van der Waals surface area contributed by atoms with E-state index in [2.05, 4.69) is 19.2 Å². The fraction of sp³-hybridized carbons (Fsp3) is 0.333. The van der Waals surface area contributed by atoms with Crippen LogP contribution >= 0.6 is 23.4 Å². The topological polar surface area (TPSA) is 49.4 Å². The molecule has 36 heavy (non-hydrogen) atoms. The highest BCUT2D eigenvalue weighted by Crippen LogP contribution is 2.23. The molecule has 0 radical (unpaired) electrons. The van der Waals surface area contributed by atoms with E-state index in [1.54, 1.807) is 16.7 Å². The van der Waals surface area contributed by atoms with E-state index in [4.69, 9.17) is 11.6 Å². The van der Waals surface area contributed by atoms with Crippen LogP contribution < -0.4 is 5.32 Å². The average molecular weight is 523 g/mol. The lowest BCUT2D eigenvalue weighted by atomic mass is 10.0. The molecule has 2 amide bonds. The van der Waals surface area contributed by atoms with Crippen molar-refractivity contribution in [2.75, 3.05) is 12.3 Å². The number of amides is 2. The van der Waals surface area contributed by atoms with E-state index < -0.39 is 6.04 Å². The zero-order valence-electron chi connectivity index (χ0n) is 21.2. The fourth-order valence-electron chi connectivity index (χ4n) is 3.80. The fourth-order valence-corrected chi connectivity index (χ4v) is 4.76. The number of nitrogens with one attached hydrogen (secondary N) is 1. The van der Waals surface area contributed by atoms with Crippen molar-refractivity contribution in [2.45, 2.75) is 51.1 Å². The van der Waals surface area contributed by atoms with Gasteiger partial charge >= 0.3 is 0 Å². The second-order valence-corrected chi connectivity index (χ2v) is 11.0. The van der Waals surface area contributed by atoms with E-state index in [1.807, 2.05) is 85.8 Å². The summed E-state index contributed by atoms with van der Waals surface area (Å²) in [6.45, 7) is 7.13. The summed E-state index contributed by atoms with van der Waals surface area (Å²) < 4.78 is 0. The van der Waals surface area contributed by atoms with Gasteiger partial charge in [0.1, 0.15) is 6.04 Å². The molecule has 1 unspecified atom stereocenters. The smallest absolute Gasteiger partial charge is 0.243 e. The van der Waals surface area contributed by atoms with Crippen molar-refractivity contribution in [3.05, 3.63) is 101 Å². The van der Waals surface area contributed by atoms with E-state index >= 15 is 0 Å². The Labute approximate surface area is 224 Å². The Morgan fingerprint density at radius 1 is 0.917 bits per heavy atom. The number of halogens is 1. The second kappa shape index (κ2) is 14.1. The molecule has 1 atom stereocenters. The summed E-state index contributed by atoms with van der Waals surface area (Å²) in [6, 6.07) is 25.1. The minimum absolute atomic E-state index is 0.0299. The van der Waals surface area contributed by atoms with Crippen molar-refractivity contribution < 1.29 is 9.59 Å². The number of nitrogens with zero attached hydrogens (tertiary/aromatic N) is 1. The minimum atomic E-state index is -0.597. The van der Waals surface area contributed by atoms with Gasteiger partial charge in [-0.3, -0.25) is 9.59 Å². The maximum absolute atomic E-state index is 13.6. The monoisotopic (exact) mass is 522 g/mol. The molecular formula is C30H35ClN2O2S. The van der Waals surface area contributed by atoms with Crippen molar-refractivity contribution in [1.82, 2.24) is 10.2 Å². The minimum Gasteiger partial charge on any atom is -0.354 e. The highest BCUT2D eigenvalue weighted by atomic mass is 35.5. The number of carbonyl (C=O) groups is 2. The van der Waals surface area contributed by atoms with Gasteiger partial charge in [0, 0.05) is 41.6 Å². The maximum atomic E-state index is 13.6. The standard InChI is InChI=1S/C30H35ClN2O2S/c1-22(2)20-32-30(35)28(19-24-7-5-4-6-8-24)33(21-25-11-9-23(3)10-12-25)29(34)17-18-36-27-15-13-26(31)14-16-27/h4-16,22,28H,17-21H2,1-3H3,(H,32,35). The van der Waals surface area contributed by atoms with Gasteiger partial charge in [0.2, 0.25) is 11.8 Å². The van der Waals surface area contributed by atoms with Crippen LogP contribution in [0.4, 0.5) is 0 Å². The Morgan fingerprint density at radius 3 is 2.22 bits per heavy atom. The first kappa shape index (κ1) is 27.8. The molecule has 3 aromatic carbocycles. The van der Waals surface area contributed by atoms with Crippen LogP contribution in [0.5, 0.6) is 0 Å². The van der Waals surface area contributed by atoms with Gasteiger partial charge in [0.25, 0.3) is 0 Å². The van der Waals surface area contributed by atoms with E-state index in [9.17, 15) is 9.59 Å². The third-order valence-corrected chi connectivity index (χ3v) is 7.09. The van der Waals surface area contributed by atoms with E-state index in [0.29, 0.717) is 42.6 Å². The maximum Gasteiger partial charge on any atom is 0.243 e. The zero-order chi connectivity index (χ0) is 25.9. The molecule has 0 aliphatic carbocycles. The molecule has 0 saturated carbocycles. The predicted molar refractivity (Wildman–Crippen MR) is 150 cm³/mol. The molecule has 6 heteroatoms. The Hall–Kier alpha value is -2.76. The van der Waals surface area contributed by atoms with Crippen molar-refractivity contribution in [2.24, 2.45) is 5.92 Å². The number of benzene rings is 3. The van der Waals surface area contributed by atoms with Crippen LogP contribution in [0.2, 0.25) is 5.02 Å². The number of rotatable bonds is 12. The summed E-state index contributed by atoms with van der Waals surface area (Å²) in [6.07, 6.45) is 0.800. The molecule has 0 bridgehead atoms. The molecule has 0 heterocycles. The summed E-state index contributed by atoms with van der Waals surface area (Å²) in [7, 11) is 0. The first-order chi connectivity index (χ1) is 17.3. The van der Waals surface area contributed by atoms with Crippen molar-refractivity contribution >= 4 is 35.2 Å². The number of thioether (sulfide) groups is 1. The molecule has 0 spiro atoms. The lowest BCUT2D eigenvalue weighted by Gasteiger charge is -2.32. The molecule has 3 aromatic rings. The van der Waals surface area contributed by atoms with Crippen LogP contribution in [-0.2, 0) is 22.6 Å². The average Bonchev–Trinajstić information content (AvgIpc) is 2.87. The highest BCUT2D eigenvalue weighted by Gasteiger charge is 2.30. The van der Waals surface area contributed by atoms with Gasteiger partial charge in [-0.1, -0.05) is 85.6 Å². The molecule has 0 saturated heterocycles. The predicted octanol–water partition coefficient (Wildman–Crippen LogP) is 6.54. The Bertz CT molecular complexity index is 1100. The zero-order valence-corrected chi connectivity index (χ0v) is 22.8. The molecule has 4 nitrogen and oxygen atoms in total. The highest BCUT2D eigenvalue weighted by molar-refractivity contribution is 7.99. The normalized spacial score (nSPS) is 11.8. The Balaban J connectivity index is 1.82. The summed E-state index contributed by atoms with van der Waals surface area (Å²) in [5, 5.41) is 3.76. The molecule has 0 aromatic heterocycles. The van der Waals surface area contributed by atoms with E-state index in [0.717, 1.165) is 21.6 Å². The molecule has 190 valence electrons. The van der Waals surface area contributed by atoms with Gasteiger partial charge in [-0.2, -0.15) is 0 Å². The van der Waals surface area contributed by atoms with Crippen LogP contribution in [0.1, 0.15) is 37.0 Å². The Kier molecular flexibility index (Phi) is 10.9. The van der Waals surface area contributed by atoms with E-state index in [1.165, 1.54) is 0 Å². The second-order valence-electron chi connectivity index (χ2n) is 9.40. The van der Waals surface area contributed by atoms with Crippen LogP contribution in [-0.4, -0.2) is 35.1 Å². The van der Waals surface area contributed by atoms with Gasteiger partial charge in [-0.15, -0.1) is 11.8 Å². The van der Waals surface area contributed by atoms with Crippen molar-refractivity contribution in [3.8, 4) is 0 Å². The van der Waals surface area contributed by atoms with Gasteiger partial charge in [0.15, 0.2) is 0 Å². The van der Waals surface area contributed by atoms with Crippen LogP contribution in [0.15, 0.2) is 83.8 Å². The summed E-state index contributed by atoms with van der Waals surface area (Å²) in [5.41, 5.74) is 3.19. The molecule has 0 aliphatic heterocycles. The molecule has 0 fully saturated rings. The summed E-state index contributed by atoms with van der Waals surface area (Å²) >= 11 is 7.61. The first-order valence-corrected chi connectivity index (χ1v) is 13.7. The number of carbonyl (C=O) groups excluding carboxylic acids is 2. The lowest BCUT2D eigenvalue weighted by Crippen LogP contribution is -2.51. The molecular weight excluding hydrogens is 488 g/mol. The third kappa shape index (κ3) is 9.03. The van der Waals surface area contributed by atoms with Crippen molar-refractivity contribution in [3.63, 3.8) is 0 Å². The van der Waals surface area contributed by atoms with Crippen LogP contribution in [0.3, 0.4) is 0 Å². The van der Waals surface area contributed by atoms with Gasteiger partial charge < -0.3 is 10.2 Å². The first-order valence-electron chi connectivity index (χ1n) is 12.4. The number of hydrogen-bond acceptors (Lipinski definition) is 3. The number of hydrogen-bond donors (Lipinski definition) is 1. The third-order valence-electron chi connectivity index (χ3n) is 5.83. The molecule has 3 rings (SSSR count). The molecule has 0 aliphatic rings.